The zero-order valence-electron chi connectivity index (χ0n) is 18.6. The molecule has 2 aliphatic rings. The van der Waals surface area contributed by atoms with Crippen LogP contribution in [0.1, 0.15) is 21.9 Å². The standard InChI is InChI=1S/C25H23N3O5S2/c29-23(28-14-34-12-22(28)24(30)31)21(9-15-10-26-13-35-15)27-25(32)33-11-20-18-7-3-1-5-16(18)17-6-2-4-8-19(17)20/h1-8,10,13,20-22H,9,11-12,14H2,(H,27,32)(H,30,31)/t21?,22-/m0/s1. The Morgan fingerprint density at radius 2 is 1.80 bits per heavy atom. The molecule has 2 aromatic carbocycles. The number of fused-ring (bicyclic) bond motifs is 3. The third kappa shape index (κ3) is 4.76. The summed E-state index contributed by atoms with van der Waals surface area (Å²) in [5, 5.41) is 12.2. The molecular weight excluding hydrogens is 486 g/mol. The topological polar surface area (TPSA) is 109 Å². The zero-order valence-corrected chi connectivity index (χ0v) is 20.3. The van der Waals surface area contributed by atoms with Crippen LogP contribution in [0, 0.1) is 0 Å². The predicted octanol–water partition coefficient (Wildman–Crippen LogP) is 3.58. The van der Waals surface area contributed by atoms with E-state index in [1.54, 1.807) is 11.7 Å². The number of ether oxygens (including phenoxy) is 1. The highest BCUT2D eigenvalue weighted by Crippen LogP contribution is 2.44. The van der Waals surface area contributed by atoms with Crippen LogP contribution in [0.3, 0.4) is 0 Å². The molecule has 2 amide bonds. The van der Waals surface area contributed by atoms with Crippen LogP contribution in [-0.2, 0) is 20.7 Å². The molecule has 10 heteroatoms. The number of aromatic nitrogens is 1. The second kappa shape index (κ2) is 10.1. The van der Waals surface area contributed by atoms with E-state index < -0.39 is 30.1 Å². The van der Waals surface area contributed by atoms with E-state index in [1.807, 2.05) is 36.4 Å². The molecule has 8 nitrogen and oxygen atoms in total. The molecule has 2 heterocycles. The number of aliphatic carboxylic acids is 1. The Bertz CT molecular complexity index is 1200. The maximum Gasteiger partial charge on any atom is 0.407 e. The number of hydrogen-bond acceptors (Lipinski definition) is 7. The Kier molecular flexibility index (Phi) is 6.74. The average Bonchev–Trinajstić information content (AvgIpc) is 3.61. The number of thiazole rings is 1. The highest BCUT2D eigenvalue weighted by Gasteiger charge is 2.38. The number of carboxylic acid groups (broad SMARTS) is 1. The molecule has 1 aliphatic heterocycles. The number of nitrogens with one attached hydrogen (secondary N) is 1. The van der Waals surface area contributed by atoms with E-state index in [9.17, 15) is 19.5 Å². The van der Waals surface area contributed by atoms with Gasteiger partial charge in [0.15, 0.2) is 0 Å². The molecule has 0 bridgehead atoms. The highest BCUT2D eigenvalue weighted by atomic mass is 32.2. The van der Waals surface area contributed by atoms with Crippen molar-refractivity contribution in [1.82, 2.24) is 15.2 Å². The number of amides is 2. The van der Waals surface area contributed by atoms with Gasteiger partial charge in [-0.1, -0.05) is 48.5 Å². The van der Waals surface area contributed by atoms with Gasteiger partial charge in [0.05, 0.1) is 11.4 Å². The maximum absolute atomic E-state index is 13.3. The van der Waals surface area contributed by atoms with Crippen molar-refractivity contribution in [2.45, 2.75) is 24.4 Å². The summed E-state index contributed by atoms with van der Waals surface area (Å²) in [6, 6.07) is 14.2. The largest absolute Gasteiger partial charge is 0.480 e. The Morgan fingerprint density at radius 3 is 2.43 bits per heavy atom. The molecule has 5 rings (SSSR count). The highest BCUT2D eigenvalue weighted by molar-refractivity contribution is 7.99. The van der Waals surface area contributed by atoms with Crippen molar-refractivity contribution in [1.29, 1.82) is 0 Å². The molecule has 180 valence electrons. The molecule has 1 unspecified atom stereocenters. The number of hydrogen-bond donors (Lipinski definition) is 2. The Balaban J connectivity index is 1.30. The summed E-state index contributed by atoms with van der Waals surface area (Å²) in [7, 11) is 0. The van der Waals surface area contributed by atoms with Gasteiger partial charge < -0.3 is 20.1 Å². The van der Waals surface area contributed by atoms with Crippen LogP contribution in [0.4, 0.5) is 4.79 Å². The molecule has 35 heavy (non-hydrogen) atoms. The molecule has 2 atom stereocenters. The van der Waals surface area contributed by atoms with Crippen molar-refractivity contribution >= 4 is 41.1 Å². The first-order valence-corrected chi connectivity index (χ1v) is 13.2. The summed E-state index contributed by atoms with van der Waals surface area (Å²) < 4.78 is 5.62. The van der Waals surface area contributed by atoms with Crippen molar-refractivity contribution in [3.8, 4) is 11.1 Å². The fourth-order valence-electron chi connectivity index (χ4n) is 4.59. The van der Waals surface area contributed by atoms with E-state index in [-0.39, 0.29) is 24.8 Å². The molecule has 0 spiro atoms. The van der Waals surface area contributed by atoms with Crippen LogP contribution in [0.2, 0.25) is 0 Å². The SMILES string of the molecule is O=C(NC(Cc1cncs1)C(=O)N1CSC[C@H]1C(=O)O)OCC1c2ccccc2-c2ccccc21. The summed E-state index contributed by atoms with van der Waals surface area (Å²) in [5.74, 6) is -1.01. The Hall–Kier alpha value is -3.37. The van der Waals surface area contributed by atoms with Gasteiger partial charge in [0.2, 0.25) is 5.91 Å². The lowest BCUT2D eigenvalue weighted by molar-refractivity contribution is -0.148. The minimum Gasteiger partial charge on any atom is -0.480 e. The van der Waals surface area contributed by atoms with Crippen LogP contribution in [0.15, 0.2) is 60.2 Å². The Labute approximate surface area is 210 Å². The minimum absolute atomic E-state index is 0.102. The van der Waals surface area contributed by atoms with Gasteiger partial charge >= 0.3 is 12.1 Å². The fraction of sp³-hybridized carbons (Fsp3) is 0.280. The smallest absolute Gasteiger partial charge is 0.407 e. The van der Waals surface area contributed by atoms with E-state index >= 15 is 0 Å². The Morgan fingerprint density at radius 1 is 1.11 bits per heavy atom. The van der Waals surface area contributed by atoms with Gasteiger partial charge in [-0.05, 0) is 22.3 Å². The summed E-state index contributed by atoms with van der Waals surface area (Å²) in [6.07, 6.45) is 1.13. The molecule has 1 aromatic heterocycles. The van der Waals surface area contributed by atoms with Gasteiger partial charge in [0, 0.05) is 29.2 Å². The van der Waals surface area contributed by atoms with Gasteiger partial charge in [-0.3, -0.25) is 9.78 Å². The number of benzene rings is 2. The molecule has 1 saturated heterocycles. The predicted molar refractivity (Wildman–Crippen MR) is 133 cm³/mol. The number of nitrogens with zero attached hydrogens (tertiary/aromatic N) is 2. The first kappa shape index (κ1) is 23.4. The van der Waals surface area contributed by atoms with Crippen LogP contribution in [-0.4, -0.2) is 63.3 Å². The van der Waals surface area contributed by atoms with Gasteiger partial charge in [-0.25, -0.2) is 9.59 Å². The lowest BCUT2D eigenvalue weighted by Gasteiger charge is -2.26. The molecule has 0 radical (unpaired) electrons. The van der Waals surface area contributed by atoms with Crippen LogP contribution < -0.4 is 5.32 Å². The monoisotopic (exact) mass is 509 g/mol. The second-order valence-corrected chi connectivity index (χ2v) is 10.3. The van der Waals surface area contributed by atoms with Gasteiger partial charge in [0.1, 0.15) is 18.7 Å². The maximum atomic E-state index is 13.3. The first-order chi connectivity index (χ1) is 17.0. The second-order valence-electron chi connectivity index (χ2n) is 8.36. The molecular formula is C25H23N3O5S2. The normalized spacial score (nSPS) is 17.5. The number of alkyl carbamates (subject to hydrolysis) is 1. The van der Waals surface area contributed by atoms with Crippen LogP contribution in [0.25, 0.3) is 11.1 Å². The van der Waals surface area contributed by atoms with Crippen molar-refractivity contribution in [2.24, 2.45) is 0 Å². The molecule has 1 fully saturated rings. The minimum atomic E-state index is -1.05. The summed E-state index contributed by atoms with van der Waals surface area (Å²) >= 11 is 2.74. The summed E-state index contributed by atoms with van der Waals surface area (Å²) in [5.41, 5.74) is 6.09. The number of rotatable bonds is 7. The third-order valence-corrected chi connectivity index (χ3v) is 8.09. The number of carbonyl (C=O) groups is 3. The van der Waals surface area contributed by atoms with E-state index in [2.05, 4.69) is 22.4 Å². The van der Waals surface area contributed by atoms with Gasteiger partial charge in [0.25, 0.3) is 0 Å². The third-order valence-electron chi connectivity index (χ3n) is 6.27. The first-order valence-electron chi connectivity index (χ1n) is 11.1. The quantitative estimate of drug-likeness (QED) is 0.501. The van der Waals surface area contributed by atoms with Gasteiger partial charge in [-0.15, -0.1) is 23.1 Å². The molecule has 2 N–H and O–H groups in total. The fourth-order valence-corrected chi connectivity index (χ4v) is 6.39. The summed E-state index contributed by atoms with van der Waals surface area (Å²) in [4.78, 5) is 43.9. The average molecular weight is 510 g/mol. The lowest BCUT2D eigenvalue weighted by atomic mass is 9.98. The molecule has 3 aromatic rings. The van der Waals surface area contributed by atoms with Crippen LogP contribution in [0.5, 0.6) is 0 Å². The van der Waals surface area contributed by atoms with Crippen LogP contribution >= 0.6 is 23.1 Å². The molecule has 1 aliphatic carbocycles. The lowest BCUT2D eigenvalue weighted by Crippen LogP contribution is -2.53. The number of thioether (sulfide) groups is 1. The van der Waals surface area contributed by atoms with Crippen molar-refractivity contribution < 1.29 is 24.2 Å². The molecule has 0 saturated carbocycles. The number of carboxylic acids is 1. The van der Waals surface area contributed by atoms with Gasteiger partial charge in [-0.2, -0.15) is 0 Å². The summed E-state index contributed by atoms with van der Waals surface area (Å²) in [6.45, 7) is 0.124. The zero-order chi connectivity index (χ0) is 24.4. The van der Waals surface area contributed by atoms with E-state index in [0.717, 1.165) is 27.1 Å². The number of carbonyl (C=O) groups excluding carboxylic acids is 2. The van der Waals surface area contributed by atoms with Crippen molar-refractivity contribution in [2.75, 3.05) is 18.2 Å². The van der Waals surface area contributed by atoms with Crippen molar-refractivity contribution in [3.63, 3.8) is 0 Å². The van der Waals surface area contributed by atoms with Crippen molar-refractivity contribution in [3.05, 3.63) is 76.2 Å². The van der Waals surface area contributed by atoms with E-state index in [1.165, 1.54) is 28.0 Å². The van der Waals surface area contributed by atoms with E-state index in [0.29, 0.717) is 5.75 Å². The van der Waals surface area contributed by atoms with E-state index in [4.69, 9.17) is 4.74 Å².